The number of carbonyl (C=O) groups excluding carboxylic acids is 2. The van der Waals surface area contributed by atoms with Gasteiger partial charge in [0.25, 0.3) is 5.91 Å². The van der Waals surface area contributed by atoms with Gasteiger partial charge in [-0.3, -0.25) is 9.59 Å². The molecule has 20 heavy (non-hydrogen) atoms. The molecule has 1 aromatic rings. The number of hydrogen-bond acceptors (Lipinski definition) is 4. The lowest BCUT2D eigenvalue weighted by atomic mass is 10.1. The van der Waals surface area contributed by atoms with E-state index in [-0.39, 0.29) is 35.7 Å². The molecular weight excluding hydrogens is 265 g/mol. The third-order valence-corrected chi connectivity index (χ3v) is 2.51. The van der Waals surface area contributed by atoms with Crippen molar-refractivity contribution in [2.24, 2.45) is 0 Å². The molecule has 1 aromatic carbocycles. The van der Waals surface area contributed by atoms with Crippen molar-refractivity contribution in [3.8, 4) is 5.75 Å². The predicted octanol–water partition coefficient (Wildman–Crippen LogP) is 1.56. The number of methoxy groups -OCH3 is 1. The maximum absolute atomic E-state index is 13.1. The topological polar surface area (TPSA) is 64.6 Å². The van der Waals surface area contributed by atoms with Gasteiger partial charge in [0.05, 0.1) is 12.2 Å². The third-order valence-electron chi connectivity index (χ3n) is 2.51. The largest absolute Gasteiger partial charge is 0.483 e. The number of hydrogen-bond donors (Lipinski definition) is 1. The van der Waals surface area contributed by atoms with Crippen LogP contribution in [-0.4, -0.2) is 38.1 Å². The van der Waals surface area contributed by atoms with Crippen LogP contribution in [0.15, 0.2) is 18.2 Å². The number of carbonyl (C=O) groups is 2. The van der Waals surface area contributed by atoms with E-state index >= 15 is 0 Å². The van der Waals surface area contributed by atoms with Crippen molar-refractivity contribution < 1.29 is 23.5 Å². The smallest absolute Gasteiger partial charge is 0.258 e. The minimum absolute atomic E-state index is 0.0621. The average Bonchev–Trinajstić information content (AvgIpc) is 2.36. The first-order chi connectivity index (χ1) is 9.43. The van der Waals surface area contributed by atoms with E-state index in [0.717, 1.165) is 6.07 Å². The van der Waals surface area contributed by atoms with Gasteiger partial charge in [-0.05, 0) is 26.0 Å². The minimum atomic E-state index is -0.529. The van der Waals surface area contributed by atoms with Crippen LogP contribution in [0.25, 0.3) is 0 Å². The minimum Gasteiger partial charge on any atom is -0.483 e. The fourth-order valence-electron chi connectivity index (χ4n) is 1.66. The molecule has 0 aromatic heterocycles. The van der Waals surface area contributed by atoms with Crippen LogP contribution in [0.1, 0.15) is 24.2 Å². The molecule has 5 nitrogen and oxygen atoms in total. The summed E-state index contributed by atoms with van der Waals surface area (Å²) in [5.74, 6) is -1.09. The zero-order valence-electron chi connectivity index (χ0n) is 11.7. The molecule has 0 aliphatic rings. The average molecular weight is 283 g/mol. The first kappa shape index (κ1) is 16.1. The summed E-state index contributed by atoms with van der Waals surface area (Å²) in [6, 6.07) is 3.43. The molecule has 0 radical (unpaired) electrons. The van der Waals surface area contributed by atoms with Crippen LogP contribution in [0, 0.1) is 5.82 Å². The molecule has 0 saturated carbocycles. The van der Waals surface area contributed by atoms with E-state index in [2.05, 4.69) is 5.32 Å². The van der Waals surface area contributed by atoms with Crippen molar-refractivity contribution >= 4 is 11.7 Å². The monoisotopic (exact) mass is 283 g/mol. The summed E-state index contributed by atoms with van der Waals surface area (Å²) in [6.07, 6.45) is 0. The maximum atomic E-state index is 13.1. The Labute approximate surface area is 117 Å². The number of ether oxygens (including phenoxy) is 2. The van der Waals surface area contributed by atoms with Gasteiger partial charge in [0.2, 0.25) is 0 Å². The number of amides is 1. The summed E-state index contributed by atoms with van der Waals surface area (Å²) in [5.41, 5.74) is 0.240. The van der Waals surface area contributed by atoms with Crippen molar-refractivity contribution in [2.75, 3.05) is 20.3 Å². The Morgan fingerprint density at radius 3 is 2.70 bits per heavy atom. The van der Waals surface area contributed by atoms with E-state index in [1.54, 1.807) is 6.92 Å². The molecular formula is C14H18FNO4. The number of halogens is 1. The highest BCUT2D eigenvalue weighted by Gasteiger charge is 2.12. The molecule has 1 atom stereocenters. The number of Topliss-reactive ketones (excluding diaryl/α,β-unsaturated/α-hetero) is 1. The molecule has 1 amide bonds. The summed E-state index contributed by atoms with van der Waals surface area (Å²) < 4.78 is 23.2. The summed E-state index contributed by atoms with van der Waals surface area (Å²) in [7, 11) is 1.53. The van der Waals surface area contributed by atoms with Gasteiger partial charge >= 0.3 is 0 Å². The molecule has 0 aliphatic carbocycles. The second-order valence-electron chi connectivity index (χ2n) is 4.41. The number of nitrogens with one attached hydrogen (secondary N) is 1. The maximum Gasteiger partial charge on any atom is 0.258 e. The van der Waals surface area contributed by atoms with Crippen molar-refractivity contribution in [1.82, 2.24) is 5.32 Å². The first-order valence-corrected chi connectivity index (χ1v) is 6.15. The molecule has 110 valence electrons. The van der Waals surface area contributed by atoms with Crippen molar-refractivity contribution in [3.63, 3.8) is 0 Å². The molecule has 0 spiro atoms. The molecule has 1 unspecified atom stereocenters. The summed E-state index contributed by atoms with van der Waals surface area (Å²) >= 11 is 0. The van der Waals surface area contributed by atoms with E-state index in [4.69, 9.17) is 9.47 Å². The fourth-order valence-corrected chi connectivity index (χ4v) is 1.66. The number of benzene rings is 1. The standard InChI is InChI=1S/C14H18FNO4/c1-9(7-19-3)16-14(18)8-20-13-6-11(15)4-5-12(13)10(2)17/h4-6,9H,7-8H2,1-3H3,(H,16,18). The summed E-state index contributed by atoms with van der Waals surface area (Å²) in [6.45, 7) is 3.22. The quantitative estimate of drug-likeness (QED) is 0.771. The van der Waals surface area contributed by atoms with E-state index in [9.17, 15) is 14.0 Å². The second kappa shape index (κ2) is 7.59. The van der Waals surface area contributed by atoms with Gasteiger partial charge in [-0.25, -0.2) is 4.39 Å². The van der Waals surface area contributed by atoms with Crippen molar-refractivity contribution in [2.45, 2.75) is 19.9 Å². The van der Waals surface area contributed by atoms with Gasteiger partial charge in [0.15, 0.2) is 12.4 Å². The van der Waals surface area contributed by atoms with Gasteiger partial charge in [0.1, 0.15) is 11.6 Å². The Hall–Kier alpha value is -1.95. The van der Waals surface area contributed by atoms with Crippen molar-refractivity contribution in [3.05, 3.63) is 29.6 Å². The summed E-state index contributed by atoms with van der Waals surface area (Å²) in [5, 5.41) is 2.65. The van der Waals surface area contributed by atoms with Gasteiger partial charge in [-0.1, -0.05) is 0 Å². The van der Waals surface area contributed by atoms with E-state index < -0.39 is 5.82 Å². The van der Waals surface area contributed by atoms with Crippen LogP contribution < -0.4 is 10.1 Å². The lowest BCUT2D eigenvalue weighted by molar-refractivity contribution is -0.124. The first-order valence-electron chi connectivity index (χ1n) is 6.15. The van der Waals surface area contributed by atoms with Crippen molar-refractivity contribution in [1.29, 1.82) is 0 Å². The summed E-state index contributed by atoms with van der Waals surface area (Å²) in [4.78, 5) is 23.0. The molecule has 6 heteroatoms. The van der Waals surface area contributed by atoms with Gasteiger partial charge in [-0.15, -0.1) is 0 Å². The van der Waals surface area contributed by atoms with Gasteiger partial charge in [0, 0.05) is 19.2 Å². The lowest BCUT2D eigenvalue weighted by Crippen LogP contribution is -2.38. The lowest BCUT2D eigenvalue weighted by Gasteiger charge is -2.14. The SMILES string of the molecule is COCC(C)NC(=O)COc1cc(F)ccc1C(C)=O. The highest BCUT2D eigenvalue weighted by Crippen LogP contribution is 2.20. The zero-order chi connectivity index (χ0) is 15.1. The highest BCUT2D eigenvalue weighted by atomic mass is 19.1. The molecule has 0 heterocycles. The van der Waals surface area contributed by atoms with Gasteiger partial charge in [-0.2, -0.15) is 0 Å². The molecule has 1 N–H and O–H groups in total. The Bertz CT molecular complexity index is 490. The highest BCUT2D eigenvalue weighted by molar-refractivity contribution is 5.96. The predicted molar refractivity (Wildman–Crippen MR) is 71.4 cm³/mol. The Kier molecular flexibility index (Phi) is 6.11. The Morgan fingerprint density at radius 1 is 1.40 bits per heavy atom. The zero-order valence-corrected chi connectivity index (χ0v) is 11.7. The van der Waals surface area contributed by atoms with E-state index in [0.29, 0.717) is 6.61 Å². The number of ketones is 1. The second-order valence-corrected chi connectivity index (χ2v) is 4.41. The van der Waals surface area contributed by atoms with Crippen LogP contribution in [0.4, 0.5) is 4.39 Å². The molecule has 0 bridgehead atoms. The van der Waals surface area contributed by atoms with Crippen LogP contribution in [0.5, 0.6) is 5.75 Å². The molecule has 0 saturated heterocycles. The Morgan fingerprint density at radius 2 is 2.10 bits per heavy atom. The number of rotatable bonds is 7. The molecule has 0 aliphatic heterocycles. The van der Waals surface area contributed by atoms with Crippen LogP contribution in [0.2, 0.25) is 0 Å². The normalized spacial score (nSPS) is 11.8. The van der Waals surface area contributed by atoms with Crippen LogP contribution >= 0.6 is 0 Å². The third kappa shape index (κ3) is 4.97. The molecule has 0 fully saturated rings. The molecule has 1 rings (SSSR count). The van der Waals surface area contributed by atoms with Gasteiger partial charge < -0.3 is 14.8 Å². The van der Waals surface area contributed by atoms with E-state index in [1.807, 2.05) is 0 Å². The van der Waals surface area contributed by atoms with Crippen LogP contribution in [0.3, 0.4) is 0 Å². The van der Waals surface area contributed by atoms with Crippen LogP contribution in [-0.2, 0) is 9.53 Å². The fraction of sp³-hybridized carbons (Fsp3) is 0.429. The van der Waals surface area contributed by atoms with E-state index in [1.165, 1.54) is 26.2 Å². The Balaban J connectivity index is 2.63.